The highest BCUT2D eigenvalue weighted by Gasteiger charge is 2.36. The fourth-order valence-corrected chi connectivity index (χ4v) is 11.2. The van der Waals surface area contributed by atoms with Gasteiger partial charge in [0.15, 0.2) is 0 Å². The first kappa shape index (κ1) is 61.6. The van der Waals surface area contributed by atoms with Crippen LogP contribution in [0.5, 0.6) is 34.8 Å². The minimum Gasteiger partial charge on any atom is -0.482 e. The number of amides is 2. The second-order valence-electron chi connectivity index (χ2n) is 23.4. The zero-order chi connectivity index (χ0) is 62.1. The van der Waals surface area contributed by atoms with E-state index in [1.165, 1.54) is 44.4 Å². The maximum Gasteiger partial charge on any atom is 0.410 e. The second-order valence-corrected chi connectivity index (χ2v) is 23.4. The number of likely N-dealkylation sites (N-methyl/N-ethyl adjacent to an activating group) is 2. The predicted octanol–water partition coefficient (Wildman–Crippen LogP) is 11.3. The zero-order valence-electron chi connectivity index (χ0n) is 51.0. The molecule has 2 saturated heterocycles. The number of anilines is 2. The number of ether oxygens (including phenoxy) is 5. The number of hydrogen-bond donors (Lipinski definition) is 3. The number of nitrogens with two attached hydrogens (primary N) is 2. The third kappa shape index (κ3) is 14.8. The molecule has 2 atom stereocenters. The highest BCUT2D eigenvalue weighted by molar-refractivity contribution is 6.05. The van der Waals surface area contributed by atoms with Gasteiger partial charge in [0.2, 0.25) is 17.7 Å². The minimum absolute atomic E-state index is 0.00678. The summed E-state index contributed by atoms with van der Waals surface area (Å²) in [6.07, 6.45) is 15.7. The van der Waals surface area contributed by atoms with E-state index in [4.69, 9.17) is 40.3 Å². The summed E-state index contributed by atoms with van der Waals surface area (Å²) in [6.45, 7) is 9.41. The molecule has 0 spiro atoms. The van der Waals surface area contributed by atoms with Crippen molar-refractivity contribution in [1.82, 2.24) is 48.7 Å². The van der Waals surface area contributed by atoms with E-state index in [1.54, 1.807) is 31.3 Å². The minimum atomic E-state index is -0.866. The van der Waals surface area contributed by atoms with E-state index in [1.807, 2.05) is 153 Å². The van der Waals surface area contributed by atoms with Crippen LogP contribution in [0.15, 0.2) is 146 Å². The summed E-state index contributed by atoms with van der Waals surface area (Å²) in [7, 11) is 7.41. The molecule has 460 valence electrons. The molecule has 4 aromatic carbocycles. The van der Waals surface area contributed by atoms with Gasteiger partial charge in [0.25, 0.3) is 0 Å². The van der Waals surface area contributed by atoms with E-state index in [0.717, 1.165) is 70.8 Å². The number of carboxylic acid groups (broad SMARTS) is 1. The first-order chi connectivity index (χ1) is 42.5. The molecule has 21 heteroatoms. The average Bonchev–Trinajstić information content (AvgIpc) is 1.86. The maximum atomic E-state index is 13.0. The fraction of sp³-hybridized carbons (Fsp3) is 0.358. The van der Waals surface area contributed by atoms with Gasteiger partial charge in [-0.3, -0.25) is 23.7 Å². The SMILES string of the molecule is CN(C/C=C/C(=O)O)C1CC1.COc1c(-c2ccc(Oc3ccccc3)cc2)c2c(N)ncnc2n1[C@@H]1CCN(C(=O)/C=C/CN(C)C2CC2)C1.COc1c(-c2ccc(Oc3ccccc3)cc2)c2c(N)ncnc2n1[C@@H]1CCN(C(=O)OC(C)(C)C)C1. The van der Waals surface area contributed by atoms with Crippen LogP contribution in [0.3, 0.4) is 0 Å². The van der Waals surface area contributed by atoms with Gasteiger partial charge in [0.1, 0.15) is 64.2 Å². The van der Waals surface area contributed by atoms with E-state index in [0.29, 0.717) is 84.1 Å². The quantitative estimate of drug-likeness (QED) is 0.0676. The highest BCUT2D eigenvalue weighted by atomic mass is 16.6. The number of fused-ring (bicyclic) bond motifs is 2. The number of carbonyl (C=O) groups excluding carboxylic acids is 2. The van der Waals surface area contributed by atoms with E-state index in [9.17, 15) is 14.4 Å². The lowest BCUT2D eigenvalue weighted by Gasteiger charge is -2.24. The molecule has 0 bridgehead atoms. The summed E-state index contributed by atoms with van der Waals surface area (Å²) in [4.78, 5) is 61.5. The number of methoxy groups -OCH3 is 2. The first-order valence-corrected chi connectivity index (χ1v) is 29.7. The number of nitrogen functional groups attached to an aromatic ring is 2. The van der Waals surface area contributed by atoms with Crippen LogP contribution in [-0.2, 0) is 14.3 Å². The van der Waals surface area contributed by atoms with Crippen molar-refractivity contribution in [3.05, 3.63) is 146 Å². The third-order valence-corrected chi connectivity index (χ3v) is 15.8. The van der Waals surface area contributed by atoms with Gasteiger partial charge in [0, 0.05) is 63.5 Å². The van der Waals surface area contributed by atoms with Crippen molar-refractivity contribution in [2.24, 2.45) is 0 Å². The Morgan fingerprint density at radius 2 is 0.989 bits per heavy atom. The molecule has 4 aromatic heterocycles. The zero-order valence-corrected chi connectivity index (χ0v) is 51.0. The smallest absolute Gasteiger partial charge is 0.410 e. The van der Waals surface area contributed by atoms with Crippen LogP contribution in [0.1, 0.15) is 71.4 Å². The molecule has 2 saturated carbocycles. The van der Waals surface area contributed by atoms with Gasteiger partial charge in [-0.05, 0) is 133 Å². The number of likely N-dealkylation sites (tertiary alicyclic amines) is 2. The standard InChI is InChI=1S/C31H34N6O3.C28H31N5O4.C8H13NO2/c1-35(22-12-13-22)17-6-9-26(38)36-18-16-23(19-36)37-30-28(29(32)33-20-34-30)27(31(37)39-2)21-10-14-25(15-11-21)40-24-7-4-3-5-8-24;1-28(2,3)37-27(34)32-15-14-19(16-32)33-25-23(24(29)30-17-31-25)22(26(33)35-4)18-10-12-21(13-11-18)36-20-8-6-5-7-9-20;1-9(7-4-5-7)6-2-3-8(10)11/h3-11,14-15,20,22-23H,12-13,16-19H2,1-2H3,(H2,32,33,34);5-13,17,19H,14-16H2,1-4H3,(H2,29,30,31);2-3,7H,4-6H2,1H3,(H,10,11)/b9-6+;;3-2+/t23-;19-;/m11./s1. The van der Waals surface area contributed by atoms with Crippen LogP contribution in [0.25, 0.3) is 44.3 Å². The molecule has 4 aliphatic rings. The molecule has 8 aromatic rings. The summed E-state index contributed by atoms with van der Waals surface area (Å²) >= 11 is 0. The van der Waals surface area contributed by atoms with Crippen molar-refractivity contribution in [3.63, 3.8) is 0 Å². The van der Waals surface area contributed by atoms with Gasteiger partial charge >= 0.3 is 12.1 Å². The number of nitrogens with zero attached hydrogens (tertiary/aromatic N) is 10. The number of benzene rings is 4. The van der Waals surface area contributed by atoms with E-state index < -0.39 is 11.6 Å². The summed E-state index contributed by atoms with van der Waals surface area (Å²) < 4.78 is 33.6. The van der Waals surface area contributed by atoms with E-state index in [-0.39, 0.29) is 24.1 Å². The van der Waals surface area contributed by atoms with Crippen molar-refractivity contribution in [2.45, 2.75) is 89.1 Å². The first-order valence-electron chi connectivity index (χ1n) is 29.7. The predicted molar refractivity (Wildman–Crippen MR) is 340 cm³/mol. The molecular weight excluding hydrogens is 1120 g/mol. The summed E-state index contributed by atoms with van der Waals surface area (Å²) in [5.41, 5.74) is 17.0. The number of aliphatic carboxylic acids is 1. The van der Waals surface area contributed by atoms with E-state index >= 15 is 0 Å². The molecule has 5 N–H and O–H groups in total. The Hall–Kier alpha value is -9.47. The fourth-order valence-electron chi connectivity index (χ4n) is 11.2. The Morgan fingerprint density at radius 1 is 0.580 bits per heavy atom. The van der Waals surface area contributed by atoms with E-state index in [2.05, 4.69) is 41.4 Å². The Bertz CT molecular complexity index is 3760. The molecule has 88 heavy (non-hydrogen) atoms. The van der Waals surface area contributed by atoms with Crippen molar-refractivity contribution in [3.8, 4) is 57.0 Å². The lowest BCUT2D eigenvalue weighted by atomic mass is 10.1. The molecule has 2 amide bonds. The number of rotatable bonds is 18. The number of para-hydroxylation sites is 2. The van der Waals surface area contributed by atoms with Crippen molar-refractivity contribution < 1.29 is 43.2 Å². The largest absolute Gasteiger partial charge is 0.482 e. The summed E-state index contributed by atoms with van der Waals surface area (Å²) in [6, 6.07) is 36.2. The van der Waals surface area contributed by atoms with Gasteiger partial charge in [-0.1, -0.05) is 72.8 Å². The van der Waals surface area contributed by atoms with Crippen LogP contribution in [-0.4, -0.2) is 157 Å². The lowest BCUT2D eigenvalue weighted by molar-refractivity contribution is -0.131. The monoisotopic (exact) mass is 1190 g/mol. The van der Waals surface area contributed by atoms with Crippen molar-refractivity contribution in [2.75, 3.05) is 79.1 Å². The molecule has 2 aliphatic heterocycles. The highest BCUT2D eigenvalue weighted by Crippen LogP contribution is 2.47. The van der Waals surface area contributed by atoms with Crippen LogP contribution < -0.4 is 30.4 Å². The van der Waals surface area contributed by atoms with Gasteiger partial charge in [-0.15, -0.1) is 0 Å². The number of hydrogen-bond acceptors (Lipinski definition) is 16. The Balaban J connectivity index is 0.000000166. The summed E-state index contributed by atoms with van der Waals surface area (Å²) in [5, 5.41) is 9.73. The van der Waals surface area contributed by atoms with Crippen LogP contribution in [0.2, 0.25) is 0 Å². The molecule has 2 aliphatic carbocycles. The molecule has 4 fully saturated rings. The van der Waals surface area contributed by atoms with Crippen LogP contribution in [0.4, 0.5) is 16.4 Å². The topological polar surface area (TPSA) is 244 Å². The molecule has 12 rings (SSSR count). The second kappa shape index (κ2) is 27.5. The van der Waals surface area contributed by atoms with Gasteiger partial charge in [-0.2, -0.15) is 0 Å². The van der Waals surface area contributed by atoms with Crippen LogP contribution in [0, 0.1) is 0 Å². The molecule has 0 radical (unpaired) electrons. The Morgan fingerprint density at radius 3 is 1.40 bits per heavy atom. The molecule has 21 nitrogen and oxygen atoms in total. The summed E-state index contributed by atoms with van der Waals surface area (Å²) in [5.74, 6) is 4.16. The number of carbonyl (C=O) groups is 3. The molecular formula is C67H78N12O9. The van der Waals surface area contributed by atoms with Gasteiger partial charge < -0.3 is 50.1 Å². The average molecular weight is 1200 g/mol. The molecule has 6 heterocycles. The lowest BCUT2D eigenvalue weighted by Crippen LogP contribution is -2.35. The Labute approximate surface area is 512 Å². The Kier molecular flexibility index (Phi) is 19.2. The third-order valence-electron chi connectivity index (χ3n) is 15.8. The van der Waals surface area contributed by atoms with Gasteiger partial charge in [-0.25, -0.2) is 29.5 Å². The maximum absolute atomic E-state index is 13.0. The van der Waals surface area contributed by atoms with Gasteiger partial charge in [0.05, 0.1) is 48.2 Å². The van der Waals surface area contributed by atoms with Crippen LogP contribution >= 0.6 is 0 Å². The normalized spacial score (nSPS) is 16.7. The number of aromatic nitrogens is 6. The van der Waals surface area contributed by atoms with Crippen molar-refractivity contribution >= 4 is 51.7 Å². The molecule has 0 unspecified atom stereocenters. The van der Waals surface area contributed by atoms with Crippen molar-refractivity contribution in [1.29, 1.82) is 0 Å². The number of carboxylic acids is 1.